The maximum Gasteiger partial charge on any atom is 0.416 e. The van der Waals surface area contributed by atoms with Gasteiger partial charge < -0.3 is 15.0 Å². The van der Waals surface area contributed by atoms with Crippen molar-refractivity contribution < 1.29 is 17.9 Å². The van der Waals surface area contributed by atoms with Crippen LogP contribution in [-0.4, -0.2) is 4.57 Å². The topological polar surface area (TPSA) is 81.0 Å². The first-order chi connectivity index (χ1) is 13.7. The summed E-state index contributed by atoms with van der Waals surface area (Å²) in [5.74, 6) is -0.900. The van der Waals surface area contributed by atoms with Gasteiger partial charge in [-0.2, -0.15) is 18.4 Å². The first-order valence-electron chi connectivity index (χ1n) is 8.60. The molecule has 1 aliphatic rings. The van der Waals surface area contributed by atoms with Crippen LogP contribution in [0.25, 0.3) is 10.9 Å². The molecular weight excluding hydrogens is 383 g/mol. The van der Waals surface area contributed by atoms with Crippen molar-refractivity contribution in [1.82, 2.24) is 4.57 Å². The van der Waals surface area contributed by atoms with Crippen molar-refractivity contribution in [2.75, 3.05) is 0 Å². The highest BCUT2D eigenvalue weighted by Crippen LogP contribution is 2.43. The van der Waals surface area contributed by atoms with Crippen molar-refractivity contribution in [1.29, 1.82) is 5.26 Å². The number of ether oxygens (including phenoxy) is 1. The van der Waals surface area contributed by atoms with Crippen molar-refractivity contribution in [3.63, 3.8) is 0 Å². The zero-order valence-electron chi connectivity index (χ0n) is 15.1. The molecule has 0 unspecified atom stereocenters. The molecule has 0 saturated heterocycles. The van der Waals surface area contributed by atoms with Gasteiger partial charge in [-0.25, -0.2) is 0 Å². The lowest BCUT2D eigenvalue weighted by Crippen LogP contribution is -2.31. The first kappa shape index (κ1) is 18.6. The first-order valence-corrected chi connectivity index (χ1v) is 8.60. The largest absolute Gasteiger partial charge is 0.439 e. The van der Waals surface area contributed by atoms with Gasteiger partial charge in [0, 0.05) is 12.4 Å². The molecule has 146 valence electrons. The summed E-state index contributed by atoms with van der Waals surface area (Å²) in [6, 6.07) is 13.3. The van der Waals surface area contributed by atoms with Crippen molar-refractivity contribution in [2.24, 2.45) is 12.8 Å². The summed E-state index contributed by atoms with van der Waals surface area (Å²) in [6.45, 7) is 0. The van der Waals surface area contributed by atoms with Crippen molar-refractivity contribution in [3.05, 3.63) is 87.0 Å². The SMILES string of the molecule is Cn1c(=O)c2c(c3ccccc31)OC(N)=C(C#N)[C@@H]2c1ccc(C(F)(F)F)cc1. The lowest BCUT2D eigenvalue weighted by molar-refractivity contribution is -0.137. The molecule has 0 amide bonds. The maximum atomic E-state index is 13.1. The van der Waals surface area contributed by atoms with Crippen LogP contribution in [0.4, 0.5) is 13.2 Å². The number of nitriles is 1. The van der Waals surface area contributed by atoms with Gasteiger partial charge in [0.25, 0.3) is 5.56 Å². The Labute approximate surface area is 163 Å². The van der Waals surface area contributed by atoms with E-state index in [1.807, 2.05) is 6.07 Å². The van der Waals surface area contributed by atoms with Gasteiger partial charge in [-0.15, -0.1) is 0 Å². The molecule has 29 heavy (non-hydrogen) atoms. The Morgan fingerprint density at radius 1 is 1.14 bits per heavy atom. The van der Waals surface area contributed by atoms with Gasteiger partial charge >= 0.3 is 6.18 Å². The number of alkyl halides is 3. The molecule has 2 heterocycles. The van der Waals surface area contributed by atoms with E-state index < -0.39 is 23.2 Å². The van der Waals surface area contributed by atoms with E-state index in [1.165, 1.54) is 16.7 Å². The number of fused-ring (bicyclic) bond motifs is 3. The highest BCUT2D eigenvalue weighted by molar-refractivity contribution is 5.88. The van der Waals surface area contributed by atoms with Crippen LogP contribution < -0.4 is 16.0 Å². The minimum absolute atomic E-state index is 0.0235. The summed E-state index contributed by atoms with van der Waals surface area (Å²) in [7, 11) is 1.59. The number of allylic oxidation sites excluding steroid dienone is 1. The number of nitrogens with two attached hydrogens (primary N) is 1. The predicted molar refractivity (Wildman–Crippen MR) is 99.9 cm³/mol. The number of halogens is 3. The summed E-state index contributed by atoms with van der Waals surface area (Å²) in [5, 5.41) is 10.2. The zero-order valence-corrected chi connectivity index (χ0v) is 15.1. The number of hydrogen-bond donors (Lipinski definition) is 1. The normalized spacial score (nSPS) is 16.3. The van der Waals surface area contributed by atoms with E-state index in [0.717, 1.165) is 12.1 Å². The van der Waals surface area contributed by atoms with Crippen molar-refractivity contribution >= 4 is 10.9 Å². The minimum atomic E-state index is -4.49. The maximum absolute atomic E-state index is 13.1. The van der Waals surface area contributed by atoms with E-state index in [1.54, 1.807) is 31.3 Å². The Bertz CT molecular complexity index is 1270. The van der Waals surface area contributed by atoms with E-state index in [2.05, 4.69) is 0 Å². The van der Waals surface area contributed by atoms with Crippen LogP contribution in [0.5, 0.6) is 5.75 Å². The number of rotatable bonds is 1. The molecule has 2 aromatic carbocycles. The molecule has 0 bridgehead atoms. The quantitative estimate of drug-likeness (QED) is 0.678. The lowest BCUT2D eigenvalue weighted by atomic mass is 9.83. The van der Waals surface area contributed by atoms with Gasteiger partial charge in [-0.3, -0.25) is 4.79 Å². The fraction of sp³-hybridized carbons (Fsp3) is 0.143. The van der Waals surface area contributed by atoms with Crippen molar-refractivity contribution in [2.45, 2.75) is 12.1 Å². The van der Waals surface area contributed by atoms with Gasteiger partial charge in [0.1, 0.15) is 17.4 Å². The van der Waals surface area contributed by atoms with Crippen LogP contribution in [0.2, 0.25) is 0 Å². The summed E-state index contributed by atoms with van der Waals surface area (Å²) >= 11 is 0. The Morgan fingerprint density at radius 3 is 2.41 bits per heavy atom. The molecule has 2 N–H and O–H groups in total. The molecule has 0 saturated carbocycles. The predicted octanol–water partition coefficient (Wildman–Crippen LogP) is 3.78. The highest BCUT2D eigenvalue weighted by Gasteiger charge is 2.36. The minimum Gasteiger partial charge on any atom is -0.439 e. The lowest BCUT2D eigenvalue weighted by Gasteiger charge is -2.27. The number of pyridine rings is 1. The Hall–Kier alpha value is -3.73. The smallest absolute Gasteiger partial charge is 0.416 e. The number of aryl methyl sites for hydroxylation is 1. The summed E-state index contributed by atoms with van der Waals surface area (Å²) in [6.07, 6.45) is -4.49. The Balaban J connectivity index is 2.03. The molecule has 3 aromatic rings. The van der Waals surface area contributed by atoms with Gasteiger partial charge in [0.2, 0.25) is 5.88 Å². The molecule has 4 rings (SSSR count). The van der Waals surface area contributed by atoms with E-state index >= 15 is 0 Å². The second kappa shape index (κ2) is 6.41. The third kappa shape index (κ3) is 2.83. The number of aromatic nitrogens is 1. The summed E-state index contributed by atoms with van der Waals surface area (Å²) in [4.78, 5) is 13.1. The molecular formula is C21H14F3N3O2. The zero-order chi connectivity index (χ0) is 20.9. The second-order valence-corrected chi connectivity index (χ2v) is 6.67. The number of nitrogens with zero attached hydrogens (tertiary/aromatic N) is 2. The number of para-hydroxylation sites is 1. The van der Waals surface area contributed by atoms with Crippen LogP contribution in [0.15, 0.2) is 64.8 Å². The molecule has 1 aromatic heterocycles. The van der Waals surface area contributed by atoms with Crippen molar-refractivity contribution in [3.8, 4) is 11.8 Å². The molecule has 1 aliphatic heterocycles. The van der Waals surface area contributed by atoms with E-state index in [4.69, 9.17) is 10.5 Å². The summed E-state index contributed by atoms with van der Waals surface area (Å²) in [5.41, 5.74) is 5.81. The highest BCUT2D eigenvalue weighted by atomic mass is 19.4. The molecule has 0 aliphatic carbocycles. The standard InChI is InChI=1S/C21H14F3N3O2/c1-27-15-5-3-2-4-13(15)18-17(20(27)28)16(14(10-25)19(26)29-18)11-6-8-12(9-7-11)21(22,23)24/h2-9,16H,26H2,1H3/t16-/m0/s1. The fourth-order valence-corrected chi connectivity index (χ4v) is 3.62. The molecule has 0 fully saturated rings. The third-order valence-corrected chi connectivity index (χ3v) is 5.04. The molecule has 0 radical (unpaired) electrons. The third-order valence-electron chi connectivity index (χ3n) is 5.04. The van der Waals surface area contributed by atoms with Crippen LogP contribution in [0.1, 0.15) is 22.6 Å². The van der Waals surface area contributed by atoms with Gasteiger partial charge in [-0.1, -0.05) is 24.3 Å². The number of hydrogen-bond acceptors (Lipinski definition) is 4. The van der Waals surface area contributed by atoms with Crippen LogP contribution >= 0.6 is 0 Å². The molecule has 1 atom stereocenters. The van der Waals surface area contributed by atoms with Crippen LogP contribution in [0.3, 0.4) is 0 Å². The summed E-state index contributed by atoms with van der Waals surface area (Å²) < 4.78 is 45.9. The van der Waals surface area contributed by atoms with Gasteiger partial charge in [0.05, 0.1) is 22.6 Å². The monoisotopic (exact) mass is 397 g/mol. The van der Waals surface area contributed by atoms with Gasteiger partial charge in [0.15, 0.2) is 0 Å². The fourth-order valence-electron chi connectivity index (χ4n) is 3.62. The molecule has 8 heteroatoms. The van der Waals surface area contributed by atoms with Crippen LogP contribution in [0, 0.1) is 11.3 Å². The van der Waals surface area contributed by atoms with Gasteiger partial charge in [-0.05, 0) is 29.8 Å². The average molecular weight is 397 g/mol. The average Bonchev–Trinajstić information content (AvgIpc) is 2.70. The molecule has 0 spiro atoms. The molecule has 5 nitrogen and oxygen atoms in total. The Morgan fingerprint density at radius 2 is 1.79 bits per heavy atom. The van der Waals surface area contributed by atoms with E-state index in [9.17, 15) is 23.2 Å². The second-order valence-electron chi connectivity index (χ2n) is 6.67. The van der Waals surface area contributed by atoms with E-state index in [0.29, 0.717) is 16.5 Å². The Kier molecular flexibility index (Phi) is 4.12. The van der Waals surface area contributed by atoms with E-state index in [-0.39, 0.29) is 22.8 Å². The van der Waals surface area contributed by atoms with Crippen LogP contribution in [-0.2, 0) is 13.2 Å². The number of benzene rings is 2.